The van der Waals surface area contributed by atoms with E-state index in [0.29, 0.717) is 16.6 Å². The molecule has 2 rings (SSSR count). The molecule has 0 fully saturated rings. The molecule has 84 valence electrons. The predicted molar refractivity (Wildman–Crippen MR) is 67.0 cm³/mol. The van der Waals surface area contributed by atoms with E-state index >= 15 is 0 Å². The summed E-state index contributed by atoms with van der Waals surface area (Å²) in [6, 6.07) is 7.33. The van der Waals surface area contributed by atoms with Crippen molar-refractivity contribution in [2.24, 2.45) is 7.05 Å². The van der Waals surface area contributed by atoms with E-state index in [1.165, 1.54) is 0 Å². The maximum Gasteiger partial charge on any atom is 0.124 e. The average Bonchev–Trinajstić information content (AvgIpc) is 2.66. The molecule has 0 aliphatic carbocycles. The first kappa shape index (κ1) is 11.3. The van der Waals surface area contributed by atoms with Gasteiger partial charge in [0.15, 0.2) is 0 Å². The van der Waals surface area contributed by atoms with Gasteiger partial charge >= 0.3 is 0 Å². The van der Waals surface area contributed by atoms with Crippen molar-refractivity contribution >= 4 is 29.0 Å². The zero-order chi connectivity index (χ0) is 11.5. The van der Waals surface area contributed by atoms with Crippen molar-refractivity contribution in [2.75, 3.05) is 5.32 Å². The number of hydrogen-bond acceptors (Lipinski definition) is 2. The number of halogens is 2. The van der Waals surface area contributed by atoms with Crippen LogP contribution in [0.4, 0.5) is 5.82 Å². The molecule has 5 heteroatoms. The summed E-state index contributed by atoms with van der Waals surface area (Å²) in [5, 5.41) is 8.69. The molecule has 16 heavy (non-hydrogen) atoms. The Labute approximate surface area is 104 Å². The minimum atomic E-state index is 0.624. The van der Waals surface area contributed by atoms with E-state index in [1.54, 1.807) is 23.0 Å². The summed E-state index contributed by atoms with van der Waals surface area (Å²) in [6.45, 7) is 0.624. The molecular weight excluding hydrogens is 245 g/mol. The van der Waals surface area contributed by atoms with Crippen molar-refractivity contribution in [2.45, 2.75) is 6.54 Å². The number of hydrogen-bond donors (Lipinski definition) is 1. The summed E-state index contributed by atoms with van der Waals surface area (Å²) < 4.78 is 1.76. The number of rotatable bonds is 3. The fourth-order valence-electron chi connectivity index (χ4n) is 1.41. The van der Waals surface area contributed by atoms with Gasteiger partial charge in [0, 0.05) is 29.7 Å². The van der Waals surface area contributed by atoms with Gasteiger partial charge in [0.1, 0.15) is 5.82 Å². The Hall–Kier alpha value is -1.19. The first-order valence-electron chi connectivity index (χ1n) is 4.82. The number of anilines is 1. The third-order valence-electron chi connectivity index (χ3n) is 2.29. The Morgan fingerprint density at radius 1 is 1.31 bits per heavy atom. The second kappa shape index (κ2) is 4.76. The molecule has 0 atom stereocenters. The van der Waals surface area contributed by atoms with E-state index in [4.69, 9.17) is 23.2 Å². The zero-order valence-electron chi connectivity index (χ0n) is 8.74. The third-order valence-corrected chi connectivity index (χ3v) is 2.89. The number of nitrogens with zero attached hydrogens (tertiary/aromatic N) is 2. The maximum absolute atomic E-state index is 6.06. The molecule has 0 aliphatic rings. The number of aryl methyl sites for hydroxylation is 1. The van der Waals surface area contributed by atoms with Crippen LogP contribution in [-0.4, -0.2) is 9.78 Å². The highest BCUT2D eigenvalue weighted by atomic mass is 35.5. The molecule has 0 spiro atoms. The van der Waals surface area contributed by atoms with Crippen LogP contribution >= 0.6 is 23.2 Å². The van der Waals surface area contributed by atoms with Crippen molar-refractivity contribution in [3.05, 3.63) is 46.1 Å². The lowest BCUT2D eigenvalue weighted by atomic mass is 10.2. The first-order chi connectivity index (χ1) is 7.66. The summed E-state index contributed by atoms with van der Waals surface area (Å²) in [5.74, 6) is 0.941. The van der Waals surface area contributed by atoms with Crippen LogP contribution in [0.5, 0.6) is 0 Å². The van der Waals surface area contributed by atoms with Crippen molar-refractivity contribution in [1.29, 1.82) is 0 Å². The van der Waals surface area contributed by atoms with Crippen molar-refractivity contribution in [3.63, 3.8) is 0 Å². The summed E-state index contributed by atoms with van der Waals surface area (Å²) >= 11 is 12.0. The highest BCUT2D eigenvalue weighted by Gasteiger charge is 2.02. The van der Waals surface area contributed by atoms with Gasteiger partial charge in [0.25, 0.3) is 0 Å². The van der Waals surface area contributed by atoms with Crippen LogP contribution < -0.4 is 5.32 Å². The second-order valence-electron chi connectivity index (χ2n) is 3.43. The highest BCUT2D eigenvalue weighted by molar-refractivity contribution is 6.33. The summed E-state index contributed by atoms with van der Waals surface area (Å²) in [5.41, 5.74) is 0.968. The first-order valence-corrected chi connectivity index (χ1v) is 5.58. The molecule has 1 heterocycles. The summed E-state index contributed by atoms with van der Waals surface area (Å²) in [4.78, 5) is 0. The lowest BCUT2D eigenvalue weighted by Crippen LogP contribution is -2.04. The fourth-order valence-corrected chi connectivity index (χ4v) is 1.79. The van der Waals surface area contributed by atoms with Crippen molar-refractivity contribution in [3.8, 4) is 0 Å². The van der Waals surface area contributed by atoms with E-state index < -0.39 is 0 Å². The van der Waals surface area contributed by atoms with Crippen molar-refractivity contribution < 1.29 is 0 Å². The molecule has 3 nitrogen and oxygen atoms in total. The third kappa shape index (κ3) is 2.49. The molecule has 0 radical (unpaired) electrons. The Bertz CT molecular complexity index is 494. The molecule has 0 unspecified atom stereocenters. The molecule has 0 saturated heterocycles. The van der Waals surface area contributed by atoms with E-state index in [-0.39, 0.29) is 0 Å². The number of nitrogens with one attached hydrogen (secondary N) is 1. The molecule has 1 aromatic heterocycles. The molecule has 1 N–H and O–H groups in total. The standard InChI is InChI=1S/C11H11Cl2N3/c1-16-11(4-5-15-16)14-7-8-6-9(12)2-3-10(8)13/h2-6,14H,7H2,1H3. The largest absolute Gasteiger partial charge is 0.366 e. The minimum absolute atomic E-state index is 0.624. The molecule has 0 bridgehead atoms. The van der Waals surface area contributed by atoms with Gasteiger partial charge in [0.05, 0.1) is 6.20 Å². The van der Waals surface area contributed by atoms with Gasteiger partial charge in [-0.25, -0.2) is 0 Å². The Balaban J connectivity index is 2.10. The SMILES string of the molecule is Cn1nccc1NCc1cc(Cl)ccc1Cl. The summed E-state index contributed by atoms with van der Waals surface area (Å²) in [7, 11) is 1.88. The molecule has 1 aromatic carbocycles. The van der Waals surface area contributed by atoms with Gasteiger partial charge in [-0.05, 0) is 23.8 Å². The lowest BCUT2D eigenvalue weighted by Gasteiger charge is -2.08. The number of benzene rings is 1. The average molecular weight is 256 g/mol. The normalized spacial score (nSPS) is 10.4. The number of aromatic nitrogens is 2. The molecule has 0 saturated carbocycles. The zero-order valence-corrected chi connectivity index (χ0v) is 10.3. The van der Waals surface area contributed by atoms with E-state index in [0.717, 1.165) is 11.4 Å². The lowest BCUT2D eigenvalue weighted by molar-refractivity contribution is 0.769. The quantitative estimate of drug-likeness (QED) is 0.912. The van der Waals surface area contributed by atoms with Crippen LogP contribution in [0.25, 0.3) is 0 Å². The van der Waals surface area contributed by atoms with Gasteiger partial charge < -0.3 is 5.32 Å². The van der Waals surface area contributed by atoms with Gasteiger partial charge in [-0.2, -0.15) is 5.10 Å². The molecule has 0 aliphatic heterocycles. The van der Waals surface area contributed by atoms with E-state index in [2.05, 4.69) is 10.4 Å². The Morgan fingerprint density at radius 3 is 2.81 bits per heavy atom. The monoisotopic (exact) mass is 255 g/mol. The van der Waals surface area contributed by atoms with E-state index in [1.807, 2.05) is 19.2 Å². The predicted octanol–water partition coefficient (Wildman–Crippen LogP) is 3.34. The van der Waals surface area contributed by atoms with Crippen LogP contribution in [0.1, 0.15) is 5.56 Å². The molecule has 2 aromatic rings. The van der Waals surface area contributed by atoms with Gasteiger partial charge in [-0.3, -0.25) is 4.68 Å². The molecular formula is C11H11Cl2N3. The van der Waals surface area contributed by atoms with Crippen LogP contribution in [0.2, 0.25) is 10.0 Å². The van der Waals surface area contributed by atoms with Gasteiger partial charge in [-0.15, -0.1) is 0 Å². The van der Waals surface area contributed by atoms with Crippen LogP contribution in [-0.2, 0) is 13.6 Å². The maximum atomic E-state index is 6.06. The Morgan fingerprint density at radius 2 is 2.12 bits per heavy atom. The van der Waals surface area contributed by atoms with E-state index in [9.17, 15) is 0 Å². The van der Waals surface area contributed by atoms with Crippen molar-refractivity contribution in [1.82, 2.24) is 9.78 Å². The second-order valence-corrected chi connectivity index (χ2v) is 4.27. The molecule has 0 amide bonds. The minimum Gasteiger partial charge on any atom is -0.366 e. The summed E-state index contributed by atoms with van der Waals surface area (Å²) in [6.07, 6.45) is 1.74. The van der Waals surface area contributed by atoms with Crippen LogP contribution in [0.15, 0.2) is 30.5 Å². The van der Waals surface area contributed by atoms with Crippen LogP contribution in [0.3, 0.4) is 0 Å². The van der Waals surface area contributed by atoms with Gasteiger partial charge in [0.2, 0.25) is 0 Å². The smallest absolute Gasteiger partial charge is 0.124 e. The highest BCUT2D eigenvalue weighted by Crippen LogP contribution is 2.21. The Kier molecular flexibility index (Phi) is 3.36. The fraction of sp³-hybridized carbons (Fsp3) is 0.182. The van der Waals surface area contributed by atoms with Gasteiger partial charge in [-0.1, -0.05) is 23.2 Å². The topological polar surface area (TPSA) is 29.9 Å². The van der Waals surface area contributed by atoms with Crippen LogP contribution in [0, 0.1) is 0 Å².